The number of ether oxygens (including phenoxy) is 1. The molecule has 0 radical (unpaired) electrons. The third-order valence-electron chi connectivity index (χ3n) is 3.61. The van der Waals surface area contributed by atoms with Crippen LogP contribution in [0, 0.1) is 32.1 Å². The van der Waals surface area contributed by atoms with E-state index in [1.54, 1.807) is 12.3 Å². The van der Waals surface area contributed by atoms with Crippen LogP contribution in [0.4, 0.5) is 0 Å². The van der Waals surface area contributed by atoms with Gasteiger partial charge in [0.15, 0.2) is 24.1 Å². The van der Waals surface area contributed by atoms with Gasteiger partial charge >= 0.3 is 5.97 Å². The van der Waals surface area contributed by atoms with Crippen LogP contribution < -0.4 is 0 Å². The first-order valence-electron chi connectivity index (χ1n) is 7.92. The molecule has 26 heavy (non-hydrogen) atoms. The summed E-state index contributed by atoms with van der Waals surface area (Å²) in [6, 6.07) is 3.70. The highest BCUT2D eigenvalue weighted by atomic mass is 32.1. The summed E-state index contributed by atoms with van der Waals surface area (Å²) in [5, 5.41) is 11.3. The van der Waals surface area contributed by atoms with Crippen molar-refractivity contribution in [3.05, 3.63) is 37.5 Å². The monoisotopic (exact) mass is 390 g/mol. The standard InChI is InChI=1S/C18H18N2O4S2/c1-10-9-25-18(20-10)14(7-19)16(22)8-24-17(23)5-4-15(21)13-6-11(2)26-12(13)3/h6,9,14H,4-5,8H2,1-3H3/t14-/m0/s1. The normalized spacial score (nSPS) is 11.6. The molecule has 2 aromatic heterocycles. The van der Waals surface area contributed by atoms with Crippen LogP contribution in [0.3, 0.4) is 0 Å². The molecular weight excluding hydrogens is 372 g/mol. The minimum atomic E-state index is -1.04. The molecule has 0 N–H and O–H groups in total. The molecule has 6 nitrogen and oxygen atoms in total. The largest absolute Gasteiger partial charge is 0.458 e. The first kappa shape index (κ1) is 19.9. The maximum Gasteiger partial charge on any atom is 0.306 e. The molecule has 0 saturated carbocycles. The van der Waals surface area contributed by atoms with Crippen LogP contribution in [0.1, 0.15) is 49.6 Å². The van der Waals surface area contributed by atoms with Crippen molar-refractivity contribution in [2.75, 3.05) is 6.61 Å². The summed E-state index contributed by atoms with van der Waals surface area (Å²) < 4.78 is 4.92. The molecule has 136 valence electrons. The second-order valence-corrected chi connectivity index (χ2v) is 8.12. The molecule has 0 bridgehead atoms. The topological polar surface area (TPSA) is 97.1 Å². The van der Waals surface area contributed by atoms with Crippen molar-refractivity contribution in [3.8, 4) is 6.07 Å². The summed E-state index contributed by atoms with van der Waals surface area (Å²) in [5.74, 6) is -2.32. The number of aryl methyl sites for hydroxylation is 3. The fraction of sp³-hybridized carbons (Fsp3) is 0.389. The Morgan fingerprint density at radius 1 is 1.27 bits per heavy atom. The molecule has 0 amide bonds. The summed E-state index contributed by atoms with van der Waals surface area (Å²) in [5.41, 5.74) is 1.35. The quantitative estimate of drug-likeness (QED) is 0.505. The fourth-order valence-corrected chi connectivity index (χ4v) is 4.14. The predicted octanol–water partition coefficient (Wildman–Crippen LogP) is 3.51. The lowest BCUT2D eigenvalue weighted by atomic mass is 10.1. The third-order valence-corrected chi connectivity index (χ3v) is 5.60. The number of rotatable bonds is 8. The van der Waals surface area contributed by atoms with Crippen molar-refractivity contribution in [1.82, 2.24) is 4.98 Å². The number of nitrogens with zero attached hydrogens (tertiary/aromatic N) is 2. The van der Waals surface area contributed by atoms with E-state index in [1.165, 1.54) is 22.7 Å². The first-order valence-corrected chi connectivity index (χ1v) is 9.61. The maximum absolute atomic E-state index is 12.1. The summed E-state index contributed by atoms with van der Waals surface area (Å²) in [6.45, 7) is 5.06. The van der Waals surface area contributed by atoms with Crippen LogP contribution in [-0.4, -0.2) is 29.1 Å². The summed E-state index contributed by atoms with van der Waals surface area (Å²) in [6.07, 6.45) is -0.0780. The van der Waals surface area contributed by atoms with E-state index in [0.29, 0.717) is 10.6 Å². The van der Waals surface area contributed by atoms with Gasteiger partial charge in [-0.1, -0.05) is 0 Å². The van der Waals surface area contributed by atoms with Crippen molar-refractivity contribution < 1.29 is 19.1 Å². The minimum absolute atomic E-state index is 0.0252. The second kappa shape index (κ2) is 8.83. The number of aromatic nitrogens is 1. The van der Waals surface area contributed by atoms with Crippen molar-refractivity contribution in [2.45, 2.75) is 39.5 Å². The Labute approximate surface area is 159 Å². The van der Waals surface area contributed by atoms with Crippen molar-refractivity contribution in [2.24, 2.45) is 0 Å². The highest BCUT2D eigenvalue weighted by molar-refractivity contribution is 7.12. The molecule has 0 aliphatic heterocycles. The lowest BCUT2D eigenvalue weighted by Gasteiger charge is -2.07. The lowest BCUT2D eigenvalue weighted by molar-refractivity contribution is -0.148. The van der Waals surface area contributed by atoms with E-state index in [4.69, 9.17) is 10.00 Å². The molecule has 8 heteroatoms. The van der Waals surface area contributed by atoms with Gasteiger partial charge in [0.1, 0.15) is 5.01 Å². The minimum Gasteiger partial charge on any atom is -0.458 e. The van der Waals surface area contributed by atoms with E-state index in [0.717, 1.165) is 15.4 Å². The van der Waals surface area contributed by atoms with Crippen LogP contribution in [-0.2, 0) is 14.3 Å². The average molecular weight is 390 g/mol. The van der Waals surface area contributed by atoms with E-state index in [9.17, 15) is 14.4 Å². The van der Waals surface area contributed by atoms with Gasteiger partial charge in [0.05, 0.1) is 12.5 Å². The smallest absolute Gasteiger partial charge is 0.306 e. The molecule has 2 aromatic rings. The molecule has 2 rings (SSSR count). The van der Waals surface area contributed by atoms with Crippen LogP contribution in [0.25, 0.3) is 0 Å². The highest BCUT2D eigenvalue weighted by Gasteiger charge is 2.24. The Kier molecular flexibility index (Phi) is 6.77. The molecule has 0 unspecified atom stereocenters. The number of ketones is 2. The van der Waals surface area contributed by atoms with Gasteiger partial charge < -0.3 is 4.74 Å². The van der Waals surface area contributed by atoms with E-state index in [-0.39, 0.29) is 18.6 Å². The number of thiazole rings is 1. The van der Waals surface area contributed by atoms with Crippen LogP contribution in [0.15, 0.2) is 11.4 Å². The average Bonchev–Trinajstić information content (AvgIpc) is 3.16. The number of nitriles is 1. The summed E-state index contributed by atoms with van der Waals surface area (Å²) in [4.78, 5) is 42.1. The lowest BCUT2D eigenvalue weighted by Crippen LogP contribution is -2.20. The second-order valence-electron chi connectivity index (χ2n) is 5.77. The van der Waals surface area contributed by atoms with E-state index < -0.39 is 24.3 Å². The maximum atomic E-state index is 12.1. The molecule has 0 saturated heterocycles. The Hall–Kier alpha value is -2.37. The van der Waals surface area contributed by atoms with Crippen LogP contribution in [0.5, 0.6) is 0 Å². The molecule has 0 fully saturated rings. The Balaban J connectivity index is 1.82. The number of hydrogen-bond acceptors (Lipinski definition) is 8. The number of Topliss-reactive ketones (excluding diaryl/α,β-unsaturated/α-hetero) is 2. The van der Waals surface area contributed by atoms with Crippen molar-refractivity contribution in [1.29, 1.82) is 5.26 Å². The Morgan fingerprint density at radius 2 is 2.00 bits per heavy atom. The highest BCUT2D eigenvalue weighted by Crippen LogP contribution is 2.23. The molecule has 2 heterocycles. The van der Waals surface area contributed by atoms with Gasteiger partial charge in [-0.15, -0.1) is 22.7 Å². The van der Waals surface area contributed by atoms with E-state index >= 15 is 0 Å². The number of esters is 1. The molecule has 0 spiro atoms. The van der Waals surface area contributed by atoms with Crippen LogP contribution in [0.2, 0.25) is 0 Å². The van der Waals surface area contributed by atoms with Crippen molar-refractivity contribution in [3.63, 3.8) is 0 Å². The molecular formula is C18H18N2O4S2. The van der Waals surface area contributed by atoms with Gasteiger partial charge in [0, 0.05) is 32.8 Å². The summed E-state index contributed by atoms with van der Waals surface area (Å²) >= 11 is 2.76. The van der Waals surface area contributed by atoms with Gasteiger partial charge in [0.2, 0.25) is 0 Å². The van der Waals surface area contributed by atoms with Crippen molar-refractivity contribution >= 4 is 40.2 Å². The van der Waals surface area contributed by atoms with Gasteiger partial charge in [-0.05, 0) is 26.8 Å². The number of hydrogen-bond donors (Lipinski definition) is 0. The van der Waals surface area contributed by atoms with Gasteiger partial charge in [0.25, 0.3) is 0 Å². The Morgan fingerprint density at radius 3 is 2.54 bits per heavy atom. The van der Waals surface area contributed by atoms with Crippen LogP contribution >= 0.6 is 22.7 Å². The zero-order valence-corrected chi connectivity index (χ0v) is 16.3. The van der Waals surface area contributed by atoms with Gasteiger partial charge in [-0.2, -0.15) is 5.26 Å². The van der Waals surface area contributed by atoms with Gasteiger partial charge in [-0.3, -0.25) is 14.4 Å². The molecule has 0 aliphatic carbocycles. The number of thiophene rings is 1. The molecule has 0 aliphatic rings. The zero-order valence-electron chi connectivity index (χ0n) is 14.7. The number of carbonyl (C=O) groups is 3. The molecule has 1 atom stereocenters. The molecule has 0 aromatic carbocycles. The fourth-order valence-electron chi connectivity index (χ4n) is 2.33. The zero-order chi connectivity index (χ0) is 19.3. The van der Waals surface area contributed by atoms with Gasteiger partial charge in [-0.25, -0.2) is 4.98 Å². The summed E-state index contributed by atoms with van der Waals surface area (Å²) in [7, 11) is 0. The van der Waals surface area contributed by atoms with E-state index in [1.807, 2.05) is 26.0 Å². The number of carbonyl (C=O) groups excluding carboxylic acids is 3. The first-order chi connectivity index (χ1) is 12.3. The predicted molar refractivity (Wildman–Crippen MR) is 98.5 cm³/mol. The Bertz CT molecular complexity index is 876. The SMILES string of the molecule is Cc1csc([C@@H](C#N)C(=O)COC(=O)CCC(=O)c2cc(C)sc2C)n1. The third kappa shape index (κ3) is 5.07. The van der Waals surface area contributed by atoms with E-state index in [2.05, 4.69) is 4.98 Å².